The first-order chi connectivity index (χ1) is 20.0. The lowest BCUT2D eigenvalue weighted by molar-refractivity contribution is 0.0733. The summed E-state index contributed by atoms with van der Waals surface area (Å²) < 4.78 is 32.3. The van der Waals surface area contributed by atoms with Crippen molar-refractivity contribution < 1.29 is 13.6 Å². The highest BCUT2D eigenvalue weighted by molar-refractivity contribution is 5.99. The van der Waals surface area contributed by atoms with Crippen LogP contribution in [0.3, 0.4) is 0 Å². The van der Waals surface area contributed by atoms with E-state index in [2.05, 4.69) is 33.8 Å². The summed E-state index contributed by atoms with van der Waals surface area (Å²) in [5.41, 5.74) is 6.35. The number of aromatic nitrogens is 6. The average Bonchev–Trinajstić information content (AvgIpc) is 3.45. The van der Waals surface area contributed by atoms with E-state index in [1.807, 2.05) is 17.7 Å². The van der Waals surface area contributed by atoms with Crippen LogP contribution in [0.5, 0.6) is 0 Å². The number of amides is 1. The van der Waals surface area contributed by atoms with E-state index in [0.29, 0.717) is 49.5 Å². The minimum Gasteiger partial charge on any atom is -0.338 e. The first-order valence-corrected chi connectivity index (χ1v) is 14.5. The van der Waals surface area contributed by atoms with E-state index >= 15 is 0 Å². The van der Waals surface area contributed by atoms with E-state index < -0.39 is 12.6 Å². The van der Waals surface area contributed by atoms with Gasteiger partial charge in [-0.2, -0.15) is 4.39 Å². The number of hydrogen-bond donors (Lipinski definition) is 0. The topological polar surface area (TPSA) is 73.8 Å². The predicted octanol–water partition coefficient (Wildman–Crippen LogP) is 5.33. The molecule has 2 aliphatic rings. The highest BCUT2D eigenvalue weighted by Crippen LogP contribution is 2.38. The Morgan fingerprint density at radius 1 is 1.10 bits per heavy atom. The monoisotopic (exact) mass is 557 g/mol. The first kappa shape index (κ1) is 25.9. The van der Waals surface area contributed by atoms with Crippen LogP contribution >= 0.6 is 0 Å². The first-order valence-electron chi connectivity index (χ1n) is 14.5. The van der Waals surface area contributed by atoms with Crippen molar-refractivity contribution in [1.29, 1.82) is 0 Å². The molecule has 4 aromatic heterocycles. The highest BCUT2D eigenvalue weighted by Gasteiger charge is 2.29. The number of fused-ring (bicyclic) bond motifs is 3. The van der Waals surface area contributed by atoms with Gasteiger partial charge in [-0.25, -0.2) is 15.0 Å². The summed E-state index contributed by atoms with van der Waals surface area (Å²) in [7, 11) is 1.99. The molecule has 0 spiro atoms. The molecular weight excluding hydrogens is 524 g/mol. The van der Waals surface area contributed by atoms with Crippen molar-refractivity contribution in [3.8, 4) is 11.5 Å². The van der Waals surface area contributed by atoms with E-state index in [0.717, 1.165) is 42.2 Å². The molecule has 212 valence electrons. The van der Waals surface area contributed by atoms with Crippen molar-refractivity contribution in [2.24, 2.45) is 13.0 Å². The Balaban J connectivity index is 1.27. The minimum absolute atomic E-state index is 0.0905. The molecule has 1 aliphatic heterocycles. The maximum Gasteiger partial charge on any atom is 0.255 e. The quantitative estimate of drug-likeness (QED) is 0.233. The standard InChI is InChI=1S/C31H33F2N7O/c1-37-29-25(16-23-24(35-29)10-14-39(31(23)41)13-4-11-32)36-30(37)26-15-22-6-2-5-21(28(22)40(26)17-20-8-9-20)7-3-12-38-18-27(33)34-19-38/h2,5-6,15-16,18-20H,3-4,7-14,17H2,1H3. The molecule has 0 radical (unpaired) electrons. The zero-order chi connectivity index (χ0) is 28.1. The largest absolute Gasteiger partial charge is 0.338 e. The number of carbonyl (C=O) groups excluding carboxylic acids is 1. The molecule has 0 unspecified atom stereocenters. The van der Waals surface area contributed by atoms with Crippen LogP contribution in [-0.4, -0.2) is 59.2 Å². The summed E-state index contributed by atoms with van der Waals surface area (Å²) in [6.07, 6.45) is 8.16. The van der Waals surface area contributed by atoms with Crippen LogP contribution < -0.4 is 0 Å². The van der Waals surface area contributed by atoms with E-state index in [1.165, 1.54) is 41.8 Å². The number of carbonyl (C=O) groups is 1. The van der Waals surface area contributed by atoms with E-state index in [1.54, 1.807) is 9.47 Å². The Hall–Kier alpha value is -4.08. The van der Waals surface area contributed by atoms with Gasteiger partial charge in [0, 0.05) is 45.0 Å². The molecule has 0 N–H and O–H groups in total. The Labute approximate surface area is 236 Å². The fourth-order valence-electron chi connectivity index (χ4n) is 6.17. The second-order valence-corrected chi connectivity index (χ2v) is 11.4. The van der Waals surface area contributed by atoms with Crippen molar-refractivity contribution in [3.63, 3.8) is 0 Å². The number of para-hydroxylation sites is 1. The number of alkyl halides is 1. The van der Waals surface area contributed by atoms with Gasteiger partial charge in [-0.1, -0.05) is 18.2 Å². The van der Waals surface area contributed by atoms with Crippen molar-refractivity contribution >= 4 is 28.0 Å². The molecular formula is C31H33F2N7O. The number of pyridine rings is 1. The Kier molecular flexibility index (Phi) is 6.55. The van der Waals surface area contributed by atoms with Crippen LogP contribution in [0, 0.1) is 11.9 Å². The lowest BCUT2D eigenvalue weighted by Gasteiger charge is -2.27. The van der Waals surface area contributed by atoms with Gasteiger partial charge in [0.15, 0.2) is 11.5 Å². The molecule has 8 nitrogen and oxygen atoms in total. The molecule has 5 heterocycles. The van der Waals surface area contributed by atoms with Gasteiger partial charge in [0.1, 0.15) is 5.52 Å². The molecule has 1 aromatic carbocycles. The summed E-state index contributed by atoms with van der Waals surface area (Å²) in [4.78, 5) is 28.5. The number of imidazole rings is 2. The number of aryl methyl sites for hydroxylation is 3. The number of nitrogens with zero attached hydrogens (tertiary/aromatic N) is 7. The summed E-state index contributed by atoms with van der Waals surface area (Å²) in [5, 5.41) is 1.17. The van der Waals surface area contributed by atoms with Gasteiger partial charge >= 0.3 is 0 Å². The van der Waals surface area contributed by atoms with Crippen molar-refractivity contribution in [3.05, 3.63) is 65.6 Å². The number of benzene rings is 1. The molecule has 7 rings (SSSR count). The van der Waals surface area contributed by atoms with Crippen molar-refractivity contribution in [2.75, 3.05) is 19.8 Å². The molecule has 1 amide bonds. The van der Waals surface area contributed by atoms with Crippen LogP contribution in [0.1, 0.15) is 47.3 Å². The summed E-state index contributed by atoms with van der Waals surface area (Å²) in [6, 6.07) is 10.5. The van der Waals surface area contributed by atoms with Crippen LogP contribution in [0.4, 0.5) is 8.78 Å². The molecule has 0 atom stereocenters. The molecule has 1 aliphatic carbocycles. The SMILES string of the molecule is Cn1c(-c2cc3cccc(CCCn4cnc(F)c4)c3n2CC2CC2)nc2cc3c(nc21)CCN(CCCF)C3=O. The van der Waals surface area contributed by atoms with Gasteiger partial charge in [-0.3, -0.25) is 9.18 Å². The maximum absolute atomic E-state index is 13.3. The molecule has 5 aromatic rings. The molecule has 1 fully saturated rings. The smallest absolute Gasteiger partial charge is 0.255 e. The zero-order valence-electron chi connectivity index (χ0n) is 23.2. The van der Waals surface area contributed by atoms with Crippen LogP contribution in [0.2, 0.25) is 0 Å². The Morgan fingerprint density at radius 3 is 2.76 bits per heavy atom. The summed E-state index contributed by atoms with van der Waals surface area (Å²) in [5.74, 6) is 0.936. The van der Waals surface area contributed by atoms with Crippen molar-refractivity contribution in [1.82, 2.24) is 33.6 Å². The van der Waals surface area contributed by atoms with E-state index in [9.17, 15) is 13.6 Å². The number of hydrogen-bond acceptors (Lipinski definition) is 4. The predicted molar refractivity (Wildman–Crippen MR) is 153 cm³/mol. The minimum atomic E-state index is -0.452. The van der Waals surface area contributed by atoms with Gasteiger partial charge < -0.3 is 18.6 Å². The van der Waals surface area contributed by atoms with Crippen LogP contribution in [-0.2, 0) is 33.0 Å². The van der Waals surface area contributed by atoms with E-state index in [4.69, 9.17) is 9.97 Å². The third-order valence-electron chi connectivity index (χ3n) is 8.46. The fraction of sp³-hybridized carbons (Fsp3) is 0.419. The number of rotatable bonds is 10. The van der Waals surface area contributed by atoms with E-state index in [-0.39, 0.29) is 5.91 Å². The molecule has 0 saturated heterocycles. The lowest BCUT2D eigenvalue weighted by Crippen LogP contribution is -2.38. The lowest BCUT2D eigenvalue weighted by atomic mass is 10.0. The third kappa shape index (κ3) is 4.79. The molecule has 10 heteroatoms. The van der Waals surface area contributed by atoms with Gasteiger partial charge in [0.25, 0.3) is 5.91 Å². The molecule has 0 bridgehead atoms. The van der Waals surface area contributed by atoms with Crippen molar-refractivity contribution in [2.45, 2.75) is 51.6 Å². The molecule has 41 heavy (non-hydrogen) atoms. The average molecular weight is 558 g/mol. The van der Waals surface area contributed by atoms with Crippen LogP contribution in [0.25, 0.3) is 33.6 Å². The molecule has 1 saturated carbocycles. The second-order valence-electron chi connectivity index (χ2n) is 11.4. The van der Waals surface area contributed by atoms with Gasteiger partial charge in [0.05, 0.1) is 41.7 Å². The normalized spacial score (nSPS) is 15.4. The summed E-state index contributed by atoms with van der Waals surface area (Å²) >= 11 is 0. The van der Waals surface area contributed by atoms with Gasteiger partial charge in [-0.15, -0.1) is 0 Å². The third-order valence-corrected chi connectivity index (χ3v) is 8.46. The Morgan fingerprint density at radius 2 is 1.98 bits per heavy atom. The van der Waals surface area contributed by atoms with Crippen LogP contribution in [0.15, 0.2) is 42.9 Å². The van der Waals surface area contributed by atoms with Gasteiger partial charge in [0.2, 0.25) is 5.95 Å². The highest BCUT2D eigenvalue weighted by atomic mass is 19.1. The zero-order valence-corrected chi connectivity index (χ0v) is 23.2. The fourth-order valence-corrected chi connectivity index (χ4v) is 6.17. The summed E-state index contributed by atoms with van der Waals surface area (Å²) in [6.45, 7) is 2.18. The number of halogens is 2. The second kappa shape index (κ2) is 10.4. The van der Waals surface area contributed by atoms with Gasteiger partial charge in [-0.05, 0) is 55.7 Å². The maximum atomic E-state index is 13.3. The Bertz CT molecular complexity index is 1760.